The lowest BCUT2D eigenvalue weighted by Crippen LogP contribution is -2.62. The molecule has 1 heterocycles. The molecule has 6 rings (SSSR count). The van der Waals surface area contributed by atoms with Gasteiger partial charge in [0.25, 0.3) is 5.91 Å². The van der Waals surface area contributed by atoms with E-state index in [9.17, 15) is 19.8 Å². The van der Waals surface area contributed by atoms with Gasteiger partial charge in [0.2, 0.25) is 5.91 Å². The molecule has 0 aromatic heterocycles. The fourth-order valence-corrected chi connectivity index (χ4v) is 9.93. The van der Waals surface area contributed by atoms with E-state index in [2.05, 4.69) is 47.8 Å². The Morgan fingerprint density at radius 1 is 1.06 bits per heavy atom. The number of hydrogen-bond donors (Lipinski definition) is 4. The molecule has 4 fully saturated rings. The number of likely N-dealkylation sites (N-methyl/N-ethyl adjacent to an activating group) is 2. The second kappa shape index (κ2) is 22.7. The van der Waals surface area contributed by atoms with E-state index < -0.39 is 24.2 Å². The number of aliphatic hydroxyl groups is 2. The Hall–Kier alpha value is -4.08. The highest BCUT2D eigenvalue weighted by atomic mass is 16.7. The largest absolute Gasteiger partial charge is 0.491 e. The first-order chi connectivity index (χ1) is 30.0. The fraction of sp³-hybridized carbons (Fsp3) is 0.600. The van der Waals surface area contributed by atoms with Crippen molar-refractivity contribution in [3.05, 3.63) is 84.5 Å². The first kappa shape index (κ1) is 49.9. The summed E-state index contributed by atoms with van der Waals surface area (Å²) in [6, 6.07) is 10.7. The van der Waals surface area contributed by atoms with Crippen LogP contribution in [0.4, 0.5) is 5.69 Å². The number of methoxy groups -OCH3 is 1. The van der Waals surface area contributed by atoms with Crippen LogP contribution in [-0.4, -0.2) is 149 Å². The molecule has 348 valence electrons. The minimum absolute atomic E-state index is 0.0146. The third kappa shape index (κ3) is 12.4. The third-order valence-corrected chi connectivity index (χ3v) is 13.7. The van der Waals surface area contributed by atoms with E-state index in [0.29, 0.717) is 61.8 Å². The van der Waals surface area contributed by atoms with Crippen molar-refractivity contribution in [2.24, 2.45) is 29.1 Å². The van der Waals surface area contributed by atoms with Gasteiger partial charge < -0.3 is 45.0 Å². The van der Waals surface area contributed by atoms with Crippen LogP contribution in [0.25, 0.3) is 11.1 Å². The maximum atomic E-state index is 14.5. The van der Waals surface area contributed by atoms with Gasteiger partial charge in [-0.1, -0.05) is 75.9 Å². The van der Waals surface area contributed by atoms with E-state index in [1.807, 2.05) is 101 Å². The zero-order valence-corrected chi connectivity index (χ0v) is 39.5. The molecule has 3 saturated carbocycles. The van der Waals surface area contributed by atoms with E-state index in [4.69, 9.17) is 14.3 Å². The molecule has 4 N–H and O–H groups in total. The standard InChI is InChI=1S/C50H76N6O7/c1-12-13-14-15-16-19-39(31-53(6)7)51-48(59)37-25-36(26-40(27-37)54(8)9)41-20-17-18-35(47(41)62-24-22-55(10)21-23-61-11)30-56-46(45(34(3)58)44(32-57)63-56)49(60)52-43-29-38-28-42(33(43)2)50(38,4)5/h12-18,20,25-27,33-34,38-39,42-46,57-58H,1,19,21-24,28-32H2,2-11H3,(H,51,59)(H,52,60)/b14-13-,16-15+/t33-,34-,38-,39-,42?,43-,44-,45+,46-/m0/s1. The number of carbonyl (C=O) groups is 2. The van der Waals surface area contributed by atoms with Crippen LogP contribution in [0.1, 0.15) is 62.9 Å². The number of ether oxygens (including phenoxy) is 2. The van der Waals surface area contributed by atoms with E-state index >= 15 is 0 Å². The van der Waals surface area contributed by atoms with Gasteiger partial charge in [-0.2, -0.15) is 5.06 Å². The smallest absolute Gasteiger partial charge is 0.251 e. The first-order valence-corrected chi connectivity index (χ1v) is 22.7. The number of allylic oxidation sites excluding steroid dienone is 4. The Morgan fingerprint density at radius 2 is 1.81 bits per heavy atom. The van der Waals surface area contributed by atoms with E-state index in [1.165, 1.54) is 6.42 Å². The summed E-state index contributed by atoms with van der Waals surface area (Å²) >= 11 is 0. The summed E-state index contributed by atoms with van der Waals surface area (Å²) in [4.78, 5) is 41.3. The molecule has 1 aliphatic heterocycles. The number of para-hydroxylation sites is 1. The number of nitrogens with zero attached hydrogens (tertiary/aromatic N) is 4. The molecule has 13 nitrogen and oxygen atoms in total. The van der Waals surface area contributed by atoms with Crippen molar-refractivity contribution >= 4 is 17.5 Å². The van der Waals surface area contributed by atoms with Crippen LogP contribution in [0.5, 0.6) is 5.75 Å². The zero-order valence-electron chi connectivity index (χ0n) is 39.5. The van der Waals surface area contributed by atoms with Crippen LogP contribution in [0.15, 0.2) is 73.4 Å². The SMILES string of the molecule is C=C/C=C\C=C\C[C@@H](CN(C)C)NC(=O)c1cc(-c2cccc(CN3O[C@@H](CO)[C@@H]([C@H](C)O)[C@H]3C(=O)N[C@H]3C[C@@H]4CC([C@@H]3C)C4(C)C)c2OCCN(C)CCOC)cc(N(C)C)c1. The lowest BCUT2D eigenvalue weighted by molar-refractivity contribution is -0.183. The average molecular weight is 873 g/mol. The maximum Gasteiger partial charge on any atom is 0.251 e. The molecule has 2 bridgehead atoms. The Bertz CT molecular complexity index is 1900. The van der Waals surface area contributed by atoms with Crippen LogP contribution in [0.3, 0.4) is 0 Å². The van der Waals surface area contributed by atoms with Crippen molar-refractivity contribution in [2.75, 3.05) is 86.7 Å². The van der Waals surface area contributed by atoms with Crippen molar-refractivity contribution in [1.29, 1.82) is 0 Å². The summed E-state index contributed by atoms with van der Waals surface area (Å²) in [6.45, 7) is 15.0. The van der Waals surface area contributed by atoms with Gasteiger partial charge in [0.05, 0.1) is 25.9 Å². The number of carbonyl (C=O) groups excluding carboxylic acids is 2. The molecule has 0 radical (unpaired) electrons. The molecule has 1 saturated heterocycles. The van der Waals surface area contributed by atoms with Crippen LogP contribution in [0.2, 0.25) is 0 Å². The monoisotopic (exact) mass is 873 g/mol. The van der Waals surface area contributed by atoms with Crippen molar-refractivity contribution in [3.63, 3.8) is 0 Å². The van der Waals surface area contributed by atoms with Crippen molar-refractivity contribution in [3.8, 4) is 16.9 Å². The highest BCUT2D eigenvalue weighted by Gasteiger charge is 2.57. The summed E-state index contributed by atoms with van der Waals surface area (Å²) in [5.74, 6) is 0.926. The number of nitrogens with one attached hydrogen (secondary N) is 2. The van der Waals surface area contributed by atoms with Gasteiger partial charge in [-0.05, 0) is 94.3 Å². The molecule has 2 aromatic carbocycles. The van der Waals surface area contributed by atoms with E-state index in [-0.39, 0.29) is 42.5 Å². The number of rotatable bonds is 23. The van der Waals surface area contributed by atoms with Crippen LogP contribution in [0, 0.1) is 29.1 Å². The summed E-state index contributed by atoms with van der Waals surface area (Å²) in [6.07, 6.45) is 10.6. The van der Waals surface area contributed by atoms with Crippen molar-refractivity contribution in [2.45, 2.75) is 83.8 Å². The molecule has 13 heteroatoms. The summed E-state index contributed by atoms with van der Waals surface area (Å²) in [5.41, 5.74) is 3.93. The van der Waals surface area contributed by atoms with Crippen molar-refractivity contribution in [1.82, 2.24) is 25.5 Å². The quantitative estimate of drug-likeness (QED) is 0.107. The van der Waals surface area contributed by atoms with E-state index in [0.717, 1.165) is 35.3 Å². The van der Waals surface area contributed by atoms with Gasteiger partial charge in [-0.25, -0.2) is 0 Å². The minimum Gasteiger partial charge on any atom is -0.491 e. The predicted octanol–water partition coefficient (Wildman–Crippen LogP) is 5.39. The van der Waals surface area contributed by atoms with E-state index in [1.54, 1.807) is 25.2 Å². The molecule has 4 aliphatic rings. The van der Waals surface area contributed by atoms with Crippen LogP contribution >= 0.6 is 0 Å². The zero-order chi connectivity index (χ0) is 46.0. The number of anilines is 1. The Labute approximate surface area is 377 Å². The van der Waals surface area contributed by atoms with Gasteiger partial charge in [0.15, 0.2) is 0 Å². The first-order valence-electron chi connectivity index (χ1n) is 22.7. The second-order valence-corrected chi connectivity index (χ2v) is 19.1. The molecular weight excluding hydrogens is 797 g/mol. The molecule has 3 aliphatic carbocycles. The third-order valence-electron chi connectivity index (χ3n) is 13.7. The minimum atomic E-state index is -0.926. The number of hydrogen-bond acceptors (Lipinski definition) is 11. The highest BCUT2D eigenvalue weighted by molar-refractivity contribution is 5.97. The van der Waals surface area contributed by atoms with Crippen molar-refractivity contribution < 1.29 is 34.1 Å². The topological polar surface area (TPSA) is 139 Å². The number of aliphatic hydroxyl groups excluding tert-OH is 2. The molecule has 9 atom stereocenters. The highest BCUT2D eigenvalue weighted by Crippen LogP contribution is 2.61. The molecule has 1 unspecified atom stereocenters. The van der Waals surface area contributed by atoms with Crippen LogP contribution < -0.4 is 20.3 Å². The van der Waals surface area contributed by atoms with Gasteiger partial charge in [0.1, 0.15) is 24.5 Å². The fourth-order valence-electron chi connectivity index (χ4n) is 9.93. The lowest BCUT2D eigenvalue weighted by atomic mass is 9.45. The summed E-state index contributed by atoms with van der Waals surface area (Å²) in [5, 5.41) is 30.0. The number of hydroxylamine groups is 2. The van der Waals surface area contributed by atoms with Gasteiger partial charge >= 0.3 is 0 Å². The molecule has 0 spiro atoms. The molecule has 2 amide bonds. The normalized spacial score (nSPS) is 25.3. The molecule has 63 heavy (non-hydrogen) atoms. The van der Waals surface area contributed by atoms with Gasteiger partial charge in [-0.15, -0.1) is 0 Å². The molecule has 2 aromatic rings. The predicted molar refractivity (Wildman–Crippen MR) is 252 cm³/mol. The Morgan fingerprint density at radius 3 is 2.44 bits per heavy atom. The van der Waals surface area contributed by atoms with Gasteiger partial charge in [0, 0.05) is 81.2 Å². The Balaban J connectivity index is 1.51. The number of amides is 2. The average Bonchev–Trinajstić information content (AvgIpc) is 3.62. The summed E-state index contributed by atoms with van der Waals surface area (Å²) < 4.78 is 12.1. The number of fused-ring (bicyclic) bond motifs is 2. The Kier molecular flexibility index (Phi) is 18.0. The van der Waals surface area contributed by atoms with Crippen LogP contribution in [-0.2, 0) is 20.9 Å². The molecular formula is C50H76N6O7. The maximum absolute atomic E-state index is 14.5. The summed E-state index contributed by atoms with van der Waals surface area (Å²) in [7, 11) is 11.6. The number of benzene rings is 2. The second-order valence-electron chi connectivity index (χ2n) is 19.1. The van der Waals surface area contributed by atoms with Gasteiger partial charge in [-0.3, -0.25) is 14.4 Å². The lowest BCUT2D eigenvalue weighted by Gasteiger charge is -2.62.